The molecule has 5 nitrogen and oxygen atoms in total. The smallest absolute Gasteiger partial charge is 0.225 e. The van der Waals surface area contributed by atoms with Crippen LogP contribution in [0, 0.1) is 5.92 Å². The van der Waals surface area contributed by atoms with Crippen LogP contribution in [0.25, 0.3) is 0 Å². The highest BCUT2D eigenvalue weighted by Crippen LogP contribution is 2.23. The van der Waals surface area contributed by atoms with Crippen LogP contribution in [0.4, 0.5) is 5.95 Å². The fourth-order valence-electron chi connectivity index (χ4n) is 2.02. The highest BCUT2D eigenvalue weighted by Gasteiger charge is 2.28. The molecule has 0 atom stereocenters. The Morgan fingerprint density at radius 2 is 2.00 bits per heavy atom. The van der Waals surface area contributed by atoms with Gasteiger partial charge in [0.1, 0.15) is 0 Å². The Bertz CT molecular complexity index is 535. The molecule has 1 aliphatic heterocycles. The van der Waals surface area contributed by atoms with E-state index < -0.39 is 0 Å². The van der Waals surface area contributed by atoms with Crippen LogP contribution in [0.2, 0.25) is 5.02 Å². The Kier molecular flexibility index (Phi) is 3.22. The maximum atomic E-state index is 5.83. The van der Waals surface area contributed by atoms with Crippen molar-refractivity contribution in [1.29, 1.82) is 0 Å². The van der Waals surface area contributed by atoms with Crippen LogP contribution in [0.3, 0.4) is 0 Å². The van der Waals surface area contributed by atoms with E-state index in [1.54, 1.807) is 18.6 Å². The van der Waals surface area contributed by atoms with Gasteiger partial charge in [-0.05, 0) is 15.9 Å². The normalized spacial score (nSPS) is 15.8. The largest absolute Gasteiger partial charge is 0.340 e. The predicted molar refractivity (Wildman–Crippen MR) is 72.7 cm³/mol. The second kappa shape index (κ2) is 4.85. The maximum absolute atomic E-state index is 5.83. The maximum Gasteiger partial charge on any atom is 0.225 e. The highest BCUT2D eigenvalue weighted by molar-refractivity contribution is 9.10. The van der Waals surface area contributed by atoms with E-state index in [2.05, 4.69) is 35.9 Å². The summed E-state index contributed by atoms with van der Waals surface area (Å²) in [6.45, 7) is 2.80. The third kappa shape index (κ3) is 2.49. The van der Waals surface area contributed by atoms with Crippen LogP contribution in [-0.2, 0) is 6.54 Å². The van der Waals surface area contributed by atoms with E-state index in [1.165, 1.54) is 0 Å². The molecule has 18 heavy (non-hydrogen) atoms. The third-order valence-corrected chi connectivity index (χ3v) is 3.50. The van der Waals surface area contributed by atoms with Gasteiger partial charge in [0.25, 0.3) is 0 Å². The van der Waals surface area contributed by atoms with Crippen LogP contribution in [0.5, 0.6) is 0 Å². The summed E-state index contributed by atoms with van der Waals surface area (Å²) in [5.74, 6) is 1.36. The lowest BCUT2D eigenvalue weighted by Crippen LogP contribution is -2.49. The van der Waals surface area contributed by atoms with E-state index in [9.17, 15) is 0 Å². The molecule has 3 rings (SSSR count). The van der Waals surface area contributed by atoms with E-state index in [-0.39, 0.29) is 0 Å². The quantitative estimate of drug-likeness (QED) is 0.867. The summed E-state index contributed by atoms with van der Waals surface area (Å²) >= 11 is 9.15. The van der Waals surface area contributed by atoms with Crippen molar-refractivity contribution in [1.82, 2.24) is 19.7 Å². The standard InChI is InChI=1S/C11H11BrClN5/c12-9-1-14-11(15-2-9)17-4-8(5-17)6-18-7-10(13)3-16-18/h1-3,7-8H,4-6H2. The molecular formula is C11H11BrClN5. The summed E-state index contributed by atoms with van der Waals surface area (Å²) in [5, 5.41) is 4.86. The Balaban J connectivity index is 1.55. The average molecular weight is 329 g/mol. The molecule has 0 N–H and O–H groups in total. The summed E-state index contributed by atoms with van der Waals surface area (Å²) in [6.07, 6.45) is 7.04. The van der Waals surface area contributed by atoms with Crippen molar-refractivity contribution in [3.63, 3.8) is 0 Å². The van der Waals surface area contributed by atoms with Gasteiger partial charge < -0.3 is 4.90 Å². The van der Waals surface area contributed by atoms with E-state index in [0.29, 0.717) is 10.9 Å². The molecule has 94 valence electrons. The molecule has 0 amide bonds. The number of nitrogens with zero attached hydrogens (tertiary/aromatic N) is 5. The van der Waals surface area contributed by atoms with Crippen molar-refractivity contribution in [2.24, 2.45) is 5.92 Å². The molecule has 0 unspecified atom stereocenters. The topological polar surface area (TPSA) is 46.8 Å². The van der Waals surface area contributed by atoms with Crippen LogP contribution in [0.15, 0.2) is 29.3 Å². The lowest BCUT2D eigenvalue weighted by atomic mass is 10.0. The molecular weight excluding hydrogens is 318 g/mol. The molecule has 0 spiro atoms. The van der Waals surface area contributed by atoms with Crippen LogP contribution in [0.1, 0.15) is 0 Å². The van der Waals surface area contributed by atoms with Crippen LogP contribution >= 0.6 is 27.5 Å². The molecule has 1 fully saturated rings. The average Bonchev–Trinajstić information content (AvgIpc) is 2.71. The van der Waals surface area contributed by atoms with Gasteiger partial charge in [0, 0.05) is 44.1 Å². The SMILES string of the molecule is Clc1cnn(CC2CN(c3ncc(Br)cn3)C2)c1. The van der Waals surface area contributed by atoms with Crippen molar-refractivity contribution in [3.8, 4) is 0 Å². The van der Waals surface area contributed by atoms with Gasteiger partial charge in [0.15, 0.2) is 0 Å². The van der Waals surface area contributed by atoms with E-state index in [4.69, 9.17) is 11.6 Å². The molecule has 2 aromatic heterocycles. The minimum atomic E-state index is 0.577. The van der Waals surface area contributed by atoms with E-state index >= 15 is 0 Å². The van der Waals surface area contributed by atoms with Crippen LogP contribution < -0.4 is 4.90 Å². The summed E-state index contributed by atoms with van der Waals surface area (Å²) in [4.78, 5) is 10.7. The Hall–Kier alpha value is -1.14. The molecule has 0 aliphatic carbocycles. The van der Waals surface area contributed by atoms with Gasteiger partial charge in [-0.2, -0.15) is 5.10 Å². The fraction of sp³-hybridized carbons (Fsp3) is 0.364. The first-order valence-corrected chi connectivity index (χ1v) is 6.78. The lowest BCUT2D eigenvalue weighted by Gasteiger charge is -2.39. The van der Waals surface area contributed by atoms with Gasteiger partial charge in [-0.25, -0.2) is 9.97 Å². The van der Waals surface area contributed by atoms with Gasteiger partial charge in [-0.1, -0.05) is 11.6 Å². The van der Waals surface area contributed by atoms with Gasteiger partial charge in [-0.15, -0.1) is 0 Å². The zero-order valence-corrected chi connectivity index (χ0v) is 11.8. The van der Waals surface area contributed by atoms with Crippen molar-refractivity contribution in [2.45, 2.75) is 6.54 Å². The molecule has 1 saturated heterocycles. The predicted octanol–water partition coefficient (Wildman–Crippen LogP) is 2.23. The lowest BCUT2D eigenvalue weighted by molar-refractivity contribution is 0.338. The zero-order chi connectivity index (χ0) is 12.5. The Morgan fingerprint density at radius 1 is 1.28 bits per heavy atom. The van der Waals surface area contributed by atoms with Crippen molar-refractivity contribution in [3.05, 3.63) is 34.3 Å². The monoisotopic (exact) mass is 327 g/mol. The number of aromatic nitrogens is 4. The Labute approximate surface area is 118 Å². The van der Waals surface area contributed by atoms with Gasteiger partial charge in [-0.3, -0.25) is 4.68 Å². The molecule has 1 aliphatic rings. The number of anilines is 1. The molecule has 3 heterocycles. The molecule has 0 saturated carbocycles. The van der Waals surface area contributed by atoms with Crippen molar-refractivity contribution >= 4 is 33.5 Å². The van der Waals surface area contributed by atoms with Crippen molar-refractivity contribution < 1.29 is 0 Å². The molecule has 7 heteroatoms. The molecule has 0 radical (unpaired) electrons. The van der Waals surface area contributed by atoms with Gasteiger partial charge >= 0.3 is 0 Å². The molecule has 2 aromatic rings. The zero-order valence-electron chi connectivity index (χ0n) is 9.50. The molecule has 0 bridgehead atoms. The summed E-state index contributed by atoms with van der Waals surface area (Å²) in [6, 6.07) is 0. The number of hydrogen-bond donors (Lipinski definition) is 0. The third-order valence-electron chi connectivity index (χ3n) is 2.89. The highest BCUT2D eigenvalue weighted by atomic mass is 79.9. The van der Waals surface area contributed by atoms with Crippen LogP contribution in [-0.4, -0.2) is 32.8 Å². The Morgan fingerprint density at radius 3 is 2.61 bits per heavy atom. The first kappa shape index (κ1) is 11.9. The first-order valence-electron chi connectivity index (χ1n) is 5.61. The second-order valence-corrected chi connectivity index (χ2v) is 5.70. The summed E-state index contributed by atoms with van der Waals surface area (Å²) in [5.41, 5.74) is 0. The van der Waals surface area contributed by atoms with E-state index in [1.807, 2.05) is 10.9 Å². The summed E-state index contributed by atoms with van der Waals surface area (Å²) < 4.78 is 2.78. The minimum absolute atomic E-state index is 0.577. The molecule has 0 aromatic carbocycles. The second-order valence-electron chi connectivity index (χ2n) is 4.35. The number of rotatable bonds is 3. The van der Waals surface area contributed by atoms with Crippen molar-refractivity contribution in [2.75, 3.05) is 18.0 Å². The van der Waals surface area contributed by atoms with E-state index in [0.717, 1.165) is 30.1 Å². The van der Waals surface area contributed by atoms with Gasteiger partial charge in [0.05, 0.1) is 15.7 Å². The first-order chi connectivity index (χ1) is 8.70. The number of hydrogen-bond acceptors (Lipinski definition) is 4. The summed E-state index contributed by atoms with van der Waals surface area (Å²) in [7, 11) is 0. The van der Waals surface area contributed by atoms with Gasteiger partial charge in [0.2, 0.25) is 5.95 Å². The fourth-order valence-corrected chi connectivity index (χ4v) is 2.38. The number of halogens is 2. The minimum Gasteiger partial charge on any atom is -0.340 e.